The molecule has 0 saturated heterocycles. The summed E-state index contributed by atoms with van der Waals surface area (Å²) >= 11 is 6.20. The molecule has 0 radical (unpaired) electrons. The molecule has 0 amide bonds. The standard InChI is InChI=1S/C17H18ClF2NO2S/c1-12(15-5-3-4-6-16(15)18)21(2)11-13-7-9-14(10-8-13)24(22,23)17(19)20/h3-10,12,17H,11H2,1-2H3. The van der Waals surface area contributed by atoms with Crippen LogP contribution in [0, 0.1) is 0 Å². The zero-order valence-corrected chi connectivity index (χ0v) is 14.9. The monoisotopic (exact) mass is 373 g/mol. The highest BCUT2D eigenvalue weighted by atomic mass is 35.5. The molecule has 2 rings (SSSR count). The third kappa shape index (κ3) is 4.12. The van der Waals surface area contributed by atoms with E-state index in [0.717, 1.165) is 11.1 Å². The number of alkyl halides is 2. The van der Waals surface area contributed by atoms with Gasteiger partial charge in [0.15, 0.2) is 0 Å². The predicted octanol–water partition coefficient (Wildman–Crippen LogP) is 4.53. The number of benzene rings is 2. The van der Waals surface area contributed by atoms with E-state index in [1.54, 1.807) is 12.1 Å². The van der Waals surface area contributed by atoms with E-state index in [2.05, 4.69) is 0 Å². The van der Waals surface area contributed by atoms with Gasteiger partial charge in [0.25, 0.3) is 0 Å². The number of rotatable bonds is 6. The van der Waals surface area contributed by atoms with Gasteiger partial charge in [-0.15, -0.1) is 0 Å². The maximum atomic E-state index is 12.5. The normalized spacial score (nSPS) is 13.5. The highest BCUT2D eigenvalue weighted by Crippen LogP contribution is 2.27. The third-order valence-corrected chi connectivity index (χ3v) is 5.68. The van der Waals surface area contributed by atoms with Gasteiger partial charge in [-0.3, -0.25) is 4.90 Å². The SMILES string of the molecule is CC(c1ccccc1Cl)N(C)Cc1ccc(S(=O)(=O)C(F)F)cc1. The van der Waals surface area contributed by atoms with E-state index in [4.69, 9.17) is 11.6 Å². The van der Waals surface area contributed by atoms with Crippen molar-refractivity contribution >= 4 is 21.4 Å². The van der Waals surface area contributed by atoms with Crippen LogP contribution in [0.2, 0.25) is 5.02 Å². The molecule has 1 unspecified atom stereocenters. The van der Waals surface area contributed by atoms with Crippen LogP contribution in [0.1, 0.15) is 24.1 Å². The molecule has 0 saturated carbocycles. The van der Waals surface area contributed by atoms with Gasteiger partial charge in [0, 0.05) is 17.6 Å². The summed E-state index contributed by atoms with van der Waals surface area (Å²) in [5.41, 5.74) is 1.81. The molecule has 2 aromatic carbocycles. The summed E-state index contributed by atoms with van der Waals surface area (Å²) < 4.78 is 47.9. The maximum absolute atomic E-state index is 12.5. The average Bonchev–Trinajstić information content (AvgIpc) is 2.55. The van der Waals surface area contributed by atoms with Gasteiger partial charge in [0.05, 0.1) is 4.90 Å². The molecule has 0 aliphatic rings. The Morgan fingerprint density at radius 3 is 2.21 bits per heavy atom. The summed E-state index contributed by atoms with van der Waals surface area (Å²) in [5.74, 6) is -3.41. The molecule has 24 heavy (non-hydrogen) atoms. The van der Waals surface area contributed by atoms with E-state index in [1.807, 2.05) is 43.1 Å². The molecule has 0 N–H and O–H groups in total. The first-order valence-corrected chi connectivity index (χ1v) is 9.21. The number of nitrogens with zero attached hydrogens (tertiary/aromatic N) is 1. The van der Waals surface area contributed by atoms with Gasteiger partial charge in [0.2, 0.25) is 9.84 Å². The molecule has 2 aromatic rings. The molecule has 130 valence electrons. The Labute approximate surface area is 145 Å². The van der Waals surface area contributed by atoms with E-state index >= 15 is 0 Å². The second-order valence-corrected chi connectivity index (χ2v) is 7.89. The molecule has 0 fully saturated rings. The van der Waals surface area contributed by atoms with Crippen molar-refractivity contribution in [2.75, 3.05) is 7.05 Å². The Morgan fingerprint density at radius 2 is 1.67 bits per heavy atom. The lowest BCUT2D eigenvalue weighted by Gasteiger charge is -2.26. The van der Waals surface area contributed by atoms with Crippen LogP contribution in [0.5, 0.6) is 0 Å². The van der Waals surface area contributed by atoms with Crippen LogP contribution in [0.4, 0.5) is 8.78 Å². The predicted molar refractivity (Wildman–Crippen MR) is 91.0 cm³/mol. The van der Waals surface area contributed by atoms with Crippen molar-refractivity contribution in [3.05, 3.63) is 64.7 Å². The van der Waals surface area contributed by atoms with Crippen molar-refractivity contribution in [1.82, 2.24) is 4.90 Å². The van der Waals surface area contributed by atoms with Crippen molar-refractivity contribution in [2.24, 2.45) is 0 Å². The molecule has 0 aromatic heterocycles. The zero-order valence-electron chi connectivity index (χ0n) is 13.3. The first kappa shape index (κ1) is 18.8. The first-order chi connectivity index (χ1) is 11.2. The minimum Gasteiger partial charge on any atom is -0.295 e. The Kier molecular flexibility index (Phi) is 5.96. The van der Waals surface area contributed by atoms with Crippen LogP contribution in [-0.2, 0) is 16.4 Å². The number of sulfone groups is 1. The van der Waals surface area contributed by atoms with E-state index in [9.17, 15) is 17.2 Å². The molecule has 0 bridgehead atoms. The zero-order chi connectivity index (χ0) is 17.9. The topological polar surface area (TPSA) is 37.4 Å². The van der Waals surface area contributed by atoms with E-state index < -0.39 is 15.6 Å². The molecule has 3 nitrogen and oxygen atoms in total. The van der Waals surface area contributed by atoms with E-state index in [-0.39, 0.29) is 10.9 Å². The number of halogens is 3. The summed E-state index contributed by atoms with van der Waals surface area (Å²) in [4.78, 5) is 1.67. The highest BCUT2D eigenvalue weighted by Gasteiger charge is 2.26. The molecule has 0 aliphatic heterocycles. The summed E-state index contributed by atoms with van der Waals surface area (Å²) in [7, 11) is -2.64. The fourth-order valence-electron chi connectivity index (χ4n) is 2.36. The van der Waals surface area contributed by atoms with Crippen molar-refractivity contribution < 1.29 is 17.2 Å². The number of hydrogen-bond acceptors (Lipinski definition) is 3. The highest BCUT2D eigenvalue weighted by molar-refractivity contribution is 7.91. The molecule has 0 heterocycles. The molecular formula is C17H18ClF2NO2S. The van der Waals surface area contributed by atoms with Gasteiger partial charge in [-0.05, 0) is 43.3 Å². The quantitative estimate of drug-likeness (QED) is 0.746. The summed E-state index contributed by atoms with van der Waals surface area (Å²) in [6.07, 6.45) is 0. The van der Waals surface area contributed by atoms with Crippen molar-refractivity contribution in [3.8, 4) is 0 Å². The van der Waals surface area contributed by atoms with Gasteiger partial charge < -0.3 is 0 Å². The largest absolute Gasteiger partial charge is 0.341 e. The minimum atomic E-state index is -4.55. The van der Waals surface area contributed by atoms with Crippen LogP contribution < -0.4 is 0 Å². The van der Waals surface area contributed by atoms with Gasteiger partial charge in [-0.25, -0.2) is 8.42 Å². The van der Waals surface area contributed by atoms with Crippen LogP contribution >= 0.6 is 11.6 Å². The Morgan fingerprint density at radius 1 is 1.08 bits per heavy atom. The van der Waals surface area contributed by atoms with Gasteiger partial charge in [-0.1, -0.05) is 41.9 Å². The lowest BCUT2D eigenvalue weighted by Crippen LogP contribution is -2.22. The van der Waals surface area contributed by atoms with Crippen LogP contribution in [-0.4, -0.2) is 26.1 Å². The molecular weight excluding hydrogens is 356 g/mol. The van der Waals surface area contributed by atoms with E-state index in [0.29, 0.717) is 11.6 Å². The second-order valence-electron chi connectivity index (χ2n) is 5.56. The third-order valence-electron chi connectivity index (χ3n) is 3.93. The summed E-state index contributed by atoms with van der Waals surface area (Å²) in [6, 6.07) is 13.1. The fraction of sp³-hybridized carbons (Fsp3) is 0.294. The van der Waals surface area contributed by atoms with Crippen molar-refractivity contribution in [1.29, 1.82) is 0 Å². The molecule has 1 atom stereocenters. The summed E-state index contributed by atoms with van der Waals surface area (Å²) in [5, 5.41) is 0.676. The van der Waals surface area contributed by atoms with Gasteiger partial charge >= 0.3 is 5.76 Å². The Bertz CT molecular complexity index is 794. The summed E-state index contributed by atoms with van der Waals surface area (Å²) in [6.45, 7) is 2.54. The Balaban J connectivity index is 2.13. The lowest BCUT2D eigenvalue weighted by atomic mass is 10.1. The molecule has 0 aliphatic carbocycles. The van der Waals surface area contributed by atoms with Crippen molar-refractivity contribution in [3.63, 3.8) is 0 Å². The van der Waals surface area contributed by atoms with Gasteiger partial charge in [-0.2, -0.15) is 8.78 Å². The van der Waals surface area contributed by atoms with Crippen LogP contribution in [0.3, 0.4) is 0 Å². The smallest absolute Gasteiger partial charge is 0.295 e. The lowest BCUT2D eigenvalue weighted by molar-refractivity contribution is 0.234. The van der Waals surface area contributed by atoms with Gasteiger partial charge in [0.1, 0.15) is 0 Å². The molecule has 0 spiro atoms. The van der Waals surface area contributed by atoms with Crippen LogP contribution in [0.25, 0.3) is 0 Å². The van der Waals surface area contributed by atoms with Crippen molar-refractivity contribution in [2.45, 2.75) is 30.2 Å². The maximum Gasteiger partial charge on any atom is 0.341 e. The minimum absolute atomic E-state index is 0.0446. The second kappa shape index (κ2) is 7.59. The average molecular weight is 374 g/mol. The Hall–Kier alpha value is -1.50. The molecule has 7 heteroatoms. The van der Waals surface area contributed by atoms with E-state index in [1.165, 1.54) is 12.1 Å². The number of hydrogen-bond donors (Lipinski definition) is 0. The first-order valence-electron chi connectivity index (χ1n) is 7.29. The fourth-order valence-corrected chi connectivity index (χ4v) is 3.38. The van der Waals surface area contributed by atoms with Crippen LogP contribution in [0.15, 0.2) is 53.4 Å².